The van der Waals surface area contributed by atoms with E-state index in [0.29, 0.717) is 6.26 Å². The van der Waals surface area contributed by atoms with Crippen molar-refractivity contribution in [3.05, 3.63) is 35.4 Å². The fourth-order valence-electron chi connectivity index (χ4n) is 1.30. The van der Waals surface area contributed by atoms with E-state index in [1.165, 1.54) is 24.3 Å². The lowest BCUT2D eigenvalue weighted by Crippen LogP contribution is -2.37. The van der Waals surface area contributed by atoms with Crippen LogP contribution in [0.4, 0.5) is 13.2 Å². The molecule has 0 fully saturated rings. The lowest BCUT2D eigenvalue weighted by atomic mass is 10.1. The van der Waals surface area contributed by atoms with Crippen molar-refractivity contribution >= 4 is 10.0 Å². The second-order valence-electron chi connectivity index (χ2n) is 3.78. The van der Waals surface area contributed by atoms with Crippen molar-refractivity contribution in [1.82, 2.24) is 4.72 Å². The van der Waals surface area contributed by atoms with Gasteiger partial charge in [-0.1, -0.05) is 29.8 Å². The van der Waals surface area contributed by atoms with Crippen LogP contribution in [0.2, 0.25) is 0 Å². The first-order chi connectivity index (χ1) is 7.59. The molecule has 0 aliphatic heterocycles. The van der Waals surface area contributed by atoms with Crippen molar-refractivity contribution in [2.24, 2.45) is 0 Å². The third kappa shape index (κ3) is 4.35. The number of alkyl halides is 3. The summed E-state index contributed by atoms with van der Waals surface area (Å²) in [6.07, 6.45) is -3.97. The summed E-state index contributed by atoms with van der Waals surface area (Å²) in [6, 6.07) is 3.30. The average Bonchev–Trinajstić information content (AvgIpc) is 2.13. The molecule has 0 aromatic heterocycles. The molecular weight excluding hydrogens is 255 g/mol. The van der Waals surface area contributed by atoms with Gasteiger partial charge in [-0.15, -0.1) is 0 Å². The van der Waals surface area contributed by atoms with Crippen LogP contribution in [0.5, 0.6) is 0 Å². The molecule has 0 amide bonds. The Balaban J connectivity index is 3.12. The molecule has 1 aromatic rings. The fraction of sp³-hybridized carbons (Fsp3) is 0.400. The topological polar surface area (TPSA) is 46.2 Å². The predicted molar refractivity (Wildman–Crippen MR) is 58.0 cm³/mol. The van der Waals surface area contributed by atoms with Crippen LogP contribution in [0.25, 0.3) is 0 Å². The number of nitrogens with one attached hydrogen (secondary N) is 1. The lowest BCUT2D eigenvalue weighted by Gasteiger charge is -2.21. The summed E-state index contributed by atoms with van der Waals surface area (Å²) in [5.41, 5.74) is 0.669. The molecule has 0 saturated heterocycles. The van der Waals surface area contributed by atoms with E-state index in [1.54, 1.807) is 11.6 Å². The third-order valence-corrected chi connectivity index (χ3v) is 2.73. The van der Waals surface area contributed by atoms with Gasteiger partial charge in [-0.3, -0.25) is 0 Å². The van der Waals surface area contributed by atoms with Crippen molar-refractivity contribution in [1.29, 1.82) is 0 Å². The first-order valence-electron chi connectivity index (χ1n) is 4.70. The molecule has 1 rings (SSSR count). The molecule has 0 unspecified atom stereocenters. The molecular formula is C10H12F3NO2S. The maximum absolute atomic E-state index is 12.7. The van der Waals surface area contributed by atoms with E-state index >= 15 is 0 Å². The normalized spacial score (nSPS) is 14.6. The lowest BCUT2D eigenvalue weighted by molar-refractivity contribution is -0.153. The van der Waals surface area contributed by atoms with Gasteiger partial charge in [-0.25, -0.2) is 8.42 Å². The van der Waals surface area contributed by atoms with Crippen LogP contribution >= 0.6 is 0 Å². The molecule has 1 atom stereocenters. The van der Waals surface area contributed by atoms with Gasteiger partial charge in [0.1, 0.15) is 6.04 Å². The highest BCUT2D eigenvalue weighted by Gasteiger charge is 2.42. The fourth-order valence-corrected chi connectivity index (χ4v) is 1.99. The van der Waals surface area contributed by atoms with Crippen LogP contribution in [-0.4, -0.2) is 20.8 Å². The van der Waals surface area contributed by atoms with Crippen LogP contribution < -0.4 is 4.72 Å². The smallest absolute Gasteiger partial charge is 0.213 e. The van der Waals surface area contributed by atoms with Gasteiger partial charge in [0.15, 0.2) is 0 Å². The highest BCUT2D eigenvalue weighted by molar-refractivity contribution is 7.88. The summed E-state index contributed by atoms with van der Waals surface area (Å²) in [5.74, 6) is 0. The van der Waals surface area contributed by atoms with Crippen molar-refractivity contribution in [3.63, 3.8) is 0 Å². The second-order valence-corrected chi connectivity index (χ2v) is 5.56. The van der Waals surface area contributed by atoms with Gasteiger partial charge in [0, 0.05) is 0 Å². The molecule has 17 heavy (non-hydrogen) atoms. The number of rotatable bonds is 3. The minimum absolute atomic E-state index is 0.131. The van der Waals surface area contributed by atoms with Crippen LogP contribution in [0, 0.1) is 6.92 Å². The Kier molecular flexibility index (Phi) is 3.83. The quantitative estimate of drug-likeness (QED) is 0.912. The highest BCUT2D eigenvalue weighted by Crippen LogP contribution is 2.33. The Bertz CT molecular complexity index is 479. The number of hydrogen-bond donors (Lipinski definition) is 1. The maximum Gasteiger partial charge on any atom is 0.408 e. The number of hydrogen-bond acceptors (Lipinski definition) is 2. The highest BCUT2D eigenvalue weighted by atomic mass is 32.2. The van der Waals surface area contributed by atoms with Crippen LogP contribution in [0.1, 0.15) is 17.2 Å². The minimum Gasteiger partial charge on any atom is -0.213 e. The average molecular weight is 267 g/mol. The summed E-state index contributed by atoms with van der Waals surface area (Å²) in [5, 5.41) is 0. The molecule has 0 bridgehead atoms. The summed E-state index contributed by atoms with van der Waals surface area (Å²) in [6.45, 7) is 1.73. The Morgan fingerprint density at radius 2 is 1.65 bits per heavy atom. The van der Waals surface area contributed by atoms with Crippen molar-refractivity contribution < 1.29 is 21.6 Å². The van der Waals surface area contributed by atoms with Gasteiger partial charge in [0.2, 0.25) is 10.0 Å². The molecule has 0 heterocycles. The van der Waals surface area contributed by atoms with Gasteiger partial charge in [-0.05, 0) is 12.5 Å². The van der Waals surface area contributed by atoms with E-state index in [1.807, 2.05) is 0 Å². The third-order valence-electron chi connectivity index (χ3n) is 2.07. The van der Waals surface area contributed by atoms with Gasteiger partial charge < -0.3 is 0 Å². The molecule has 96 valence electrons. The molecule has 0 aliphatic rings. The van der Waals surface area contributed by atoms with E-state index in [2.05, 4.69) is 0 Å². The first kappa shape index (κ1) is 14.0. The number of benzene rings is 1. The molecule has 1 N–H and O–H groups in total. The predicted octanol–water partition coefficient (Wildman–Crippen LogP) is 2.15. The molecule has 0 saturated carbocycles. The van der Waals surface area contributed by atoms with Crippen molar-refractivity contribution in [3.8, 4) is 0 Å². The Hall–Kier alpha value is -1.08. The Morgan fingerprint density at radius 1 is 1.18 bits per heavy atom. The standard InChI is InChI=1S/C10H12F3NO2S/c1-7-3-5-8(6-4-7)9(10(11,12)13)14-17(2,15)16/h3-6,9,14H,1-2H3/t9-/m0/s1. The maximum atomic E-state index is 12.7. The number of halogens is 3. The molecule has 0 spiro atoms. The van der Waals surface area contributed by atoms with Gasteiger partial charge in [0.25, 0.3) is 0 Å². The first-order valence-corrected chi connectivity index (χ1v) is 6.59. The minimum atomic E-state index is -4.67. The van der Waals surface area contributed by atoms with E-state index in [9.17, 15) is 21.6 Å². The van der Waals surface area contributed by atoms with E-state index < -0.39 is 22.2 Å². The van der Waals surface area contributed by atoms with E-state index in [0.717, 1.165) is 5.56 Å². The zero-order valence-corrected chi connectivity index (χ0v) is 10.1. The second kappa shape index (κ2) is 4.66. The zero-order chi connectivity index (χ0) is 13.3. The number of aryl methyl sites for hydroxylation is 1. The monoisotopic (exact) mass is 267 g/mol. The molecule has 0 aliphatic carbocycles. The van der Waals surface area contributed by atoms with Crippen LogP contribution in [-0.2, 0) is 10.0 Å². The van der Waals surface area contributed by atoms with Crippen LogP contribution in [0.15, 0.2) is 24.3 Å². The van der Waals surface area contributed by atoms with Crippen LogP contribution in [0.3, 0.4) is 0 Å². The van der Waals surface area contributed by atoms with Crippen molar-refractivity contribution in [2.75, 3.05) is 6.26 Å². The molecule has 1 aromatic carbocycles. The van der Waals surface area contributed by atoms with E-state index in [-0.39, 0.29) is 5.56 Å². The molecule has 7 heteroatoms. The van der Waals surface area contributed by atoms with Gasteiger partial charge in [0.05, 0.1) is 6.26 Å². The summed E-state index contributed by atoms with van der Waals surface area (Å²) >= 11 is 0. The zero-order valence-electron chi connectivity index (χ0n) is 9.25. The van der Waals surface area contributed by atoms with Gasteiger partial charge >= 0.3 is 6.18 Å². The Morgan fingerprint density at radius 3 is 2.00 bits per heavy atom. The molecule has 0 radical (unpaired) electrons. The summed E-state index contributed by atoms with van der Waals surface area (Å²) in [4.78, 5) is 0. The largest absolute Gasteiger partial charge is 0.408 e. The Labute approximate surface area is 97.7 Å². The summed E-state index contributed by atoms with van der Waals surface area (Å²) in [7, 11) is -3.93. The summed E-state index contributed by atoms with van der Waals surface area (Å²) < 4.78 is 61.5. The molecule has 3 nitrogen and oxygen atoms in total. The van der Waals surface area contributed by atoms with Crippen molar-refractivity contribution in [2.45, 2.75) is 19.1 Å². The van der Waals surface area contributed by atoms with Gasteiger partial charge in [-0.2, -0.15) is 17.9 Å². The SMILES string of the molecule is Cc1ccc([C@H](NS(C)(=O)=O)C(F)(F)F)cc1. The van der Waals surface area contributed by atoms with E-state index in [4.69, 9.17) is 0 Å². The number of sulfonamides is 1.